The maximum atomic E-state index is 6.46. The number of rotatable bonds is 3. The second-order valence-electron chi connectivity index (χ2n) is 5.39. The van der Waals surface area contributed by atoms with Gasteiger partial charge in [0.2, 0.25) is 0 Å². The Morgan fingerprint density at radius 2 is 2.04 bits per heavy atom. The Morgan fingerprint density at radius 3 is 2.76 bits per heavy atom. The van der Waals surface area contributed by atoms with Gasteiger partial charge in [0, 0.05) is 21.9 Å². The first-order valence-corrected chi connectivity index (χ1v) is 9.88. The number of thioether (sulfide) groups is 1. The molecule has 0 aliphatic heterocycles. The molecule has 0 saturated heterocycles. The van der Waals surface area contributed by atoms with Gasteiger partial charge < -0.3 is 5.32 Å². The fourth-order valence-corrected chi connectivity index (χ4v) is 4.01. The molecule has 4 rings (SSSR count). The highest BCUT2D eigenvalue weighted by Gasteiger charge is 2.17. The SMILES string of the molecule is CNc1nc2nnc(SC)n2c2cc(Cl)cc(-c3cccc(Br)c3)c12. The standard InChI is InChI=1S/C17H13BrClN5S/c1-20-15-14-12(9-4-3-5-10(18)6-9)7-11(19)8-13(14)24-16(21-15)22-23-17(24)25-2/h3-8H,1-2H3,(H,20,21,22). The molecule has 2 aromatic carbocycles. The quantitative estimate of drug-likeness (QED) is 0.453. The second-order valence-corrected chi connectivity index (χ2v) is 7.52. The fraction of sp³-hybridized carbons (Fsp3) is 0.118. The largest absolute Gasteiger partial charge is 0.372 e. The molecule has 25 heavy (non-hydrogen) atoms. The minimum Gasteiger partial charge on any atom is -0.372 e. The Hall–Kier alpha value is -1.83. The molecule has 4 aromatic rings. The highest BCUT2D eigenvalue weighted by atomic mass is 79.9. The van der Waals surface area contributed by atoms with Crippen LogP contribution < -0.4 is 5.32 Å². The molecule has 0 unspecified atom stereocenters. The van der Waals surface area contributed by atoms with E-state index in [1.807, 2.05) is 42.0 Å². The van der Waals surface area contributed by atoms with Crippen molar-refractivity contribution < 1.29 is 0 Å². The van der Waals surface area contributed by atoms with Crippen molar-refractivity contribution in [1.29, 1.82) is 0 Å². The first-order chi connectivity index (χ1) is 12.1. The van der Waals surface area contributed by atoms with Gasteiger partial charge in [0.05, 0.1) is 5.52 Å². The molecule has 1 N–H and O–H groups in total. The molecule has 2 heterocycles. The molecule has 5 nitrogen and oxygen atoms in total. The summed E-state index contributed by atoms with van der Waals surface area (Å²) < 4.78 is 2.95. The van der Waals surface area contributed by atoms with Crippen LogP contribution in [-0.4, -0.2) is 32.9 Å². The zero-order valence-corrected chi connectivity index (χ0v) is 16.6. The fourth-order valence-electron chi connectivity index (χ4n) is 2.92. The van der Waals surface area contributed by atoms with Crippen LogP contribution in [0.25, 0.3) is 27.8 Å². The molecule has 0 saturated carbocycles. The Bertz CT molecular complexity index is 1110. The predicted octanol–water partition coefficient (Wildman–Crippen LogP) is 5.12. The summed E-state index contributed by atoms with van der Waals surface area (Å²) in [6.45, 7) is 0. The van der Waals surface area contributed by atoms with E-state index < -0.39 is 0 Å². The van der Waals surface area contributed by atoms with Gasteiger partial charge in [0.15, 0.2) is 5.16 Å². The van der Waals surface area contributed by atoms with E-state index >= 15 is 0 Å². The summed E-state index contributed by atoms with van der Waals surface area (Å²) in [7, 11) is 1.85. The number of aromatic nitrogens is 4. The van der Waals surface area contributed by atoms with E-state index in [4.69, 9.17) is 11.6 Å². The Morgan fingerprint density at radius 1 is 1.20 bits per heavy atom. The van der Waals surface area contributed by atoms with Crippen LogP contribution in [-0.2, 0) is 0 Å². The maximum absolute atomic E-state index is 6.46. The van der Waals surface area contributed by atoms with Gasteiger partial charge in [-0.3, -0.25) is 4.40 Å². The predicted molar refractivity (Wildman–Crippen MR) is 108 cm³/mol. The summed E-state index contributed by atoms with van der Waals surface area (Å²) in [5, 5.41) is 14.0. The molecular formula is C17H13BrClN5S. The molecule has 0 spiro atoms. The van der Waals surface area contributed by atoms with Crippen LogP contribution in [0.3, 0.4) is 0 Å². The van der Waals surface area contributed by atoms with Crippen LogP contribution in [0.1, 0.15) is 0 Å². The summed E-state index contributed by atoms with van der Waals surface area (Å²) in [6.07, 6.45) is 1.97. The van der Waals surface area contributed by atoms with E-state index in [1.165, 1.54) is 11.8 Å². The summed E-state index contributed by atoms with van der Waals surface area (Å²) in [4.78, 5) is 4.64. The van der Waals surface area contributed by atoms with Crippen molar-refractivity contribution in [2.75, 3.05) is 18.6 Å². The molecule has 0 aliphatic carbocycles. The van der Waals surface area contributed by atoms with Gasteiger partial charge in [-0.15, -0.1) is 10.2 Å². The van der Waals surface area contributed by atoms with Gasteiger partial charge in [-0.05, 0) is 41.6 Å². The Balaban J connectivity index is 2.20. The molecule has 0 fully saturated rings. The number of hydrogen-bond donors (Lipinski definition) is 1. The number of anilines is 1. The summed E-state index contributed by atoms with van der Waals surface area (Å²) >= 11 is 11.5. The van der Waals surface area contributed by atoms with Gasteiger partial charge in [-0.2, -0.15) is 4.98 Å². The van der Waals surface area contributed by atoms with Gasteiger partial charge in [0.25, 0.3) is 5.78 Å². The van der Waals surface area contributed by atoms with E-state index in [9.17, 15) is 0 Å². The van der Waals surface area contributed by atoms with Crippen molar-refractivity contribution in [2.24, 2.45) is 0 Å². The van der Waals surface area contributed by atoms with E-state index in [0.717, 1.165) is 37.5 Å². The maximum Gasteiger partial charge on any atom is 0.258 e. The van der Waals surface area contributed by atoms with Crippen LogP contribution in [0.2, 0.25) is 5.02 Å². The lowest BCUT2D eigenvalue weighted by Crippen LogP contribution is -2.01. The van der Waals surface area contributed by atoms with E-state index in [0.29, 0.717) is 10.8 Å². The zero-order valence-electron chi connectivity index (χ0n) is 13.4. The minimum absolute atomic E-state index is 0.545. The van der Waals surface area contributed by atoms with Gasteiger partial charge >= 0.3 is 0 Å². The molecule has 0 bridgehead atoms. The second kappa shape index (κ2) is 6.48. The molecule has 0 atom stereocenters. The van der Waals surface area contributed by atoms with Crippen LogP contribution in [0.15, 0.2) is 46.0 Å². The third-order valence-corrected chi connectivity index (χ3v) is 5.28. The lowest BCUT2D eigenvalue weighted by Gasteiger charge is -2.14. The topological polar surface area (TPSA) is 55.1 Å². The molecule has 0 aliphatic rings. The summed E-state index contributed by atoms with van der Waals surface area (Å²) in [5.74, 6) is 1.29. The number of fused-ring (bicyclic) bond motifs is 3. The van der Waals surface area contributed by atoms with Crippen molar-refractivity contribution in [3.05, 3.63) is 45.9 Å². The van der Waals surface area contributed by atoms with Crippen LogP contribution in [0.5, 0.6) is 0 Å². The lowest BCUT2D eigenvalue weighted by atomic mass is 10.0. The lowest BCUT2D eigenvalue weighted by molar-refractivity contribution is 0.943. The van der Waals surface area contributed by atoms with Crippen molar-refractivity contribution in [3.8, 4) is 11.1 Å². The smallest absolute Gasteiger partial charge is 0.258 e. The molecule has 126 valence electrons. The van der Waals surface area contributed by atoms with E-state index in [1.54, 1.807) is 0 Å². The monoisotopic (exact) mass is 433 g/mol. The Labute approximate surface area is 161 Å². The number of nitrogens with one attached hydrogen (secondary N) is 1. The molecule has 0 amide bonds. The van der Waals surface area contributed by atoms with Crippen molar-refractivity contribution in [2.45, 2.75) is 5.16 Å². The van der Waals surface area contributed by atoms with Crippen LogP contribution >= 0.6 is 39.3 Å². The third-order valence-electron chi connectivity index (χ3n) is 3.94. The van der Waals surface area contributed by atoms with Crippen LogP contribution in [0.4, 0.5) is 5.82 Å². The molecule has 0 radical (unpaired) electrons. The summed E-state index contributed by atoms with van der Waals surface area (Å²) in [6, 6.07) is 12.0. The van der Waals surface area contributed by atoms with Gasteiger partial charge in [-0.25, -0.2) is 0 Å². The molecular weight excluding hydrogens is 422 g/mol. The normalized spacial score (nSPS) is 11.4. The van der Waals surface area contributed by atoms with Gasteiger partial charge in [-0.1, -0.05) is 51.4 Å². The first kappa shape index (κ1) is 16.6. The van der Waals surface area contributed by atoms with E-state index in [2.05, 4.69) is 48.6 Å². The Kier molecular flexibility index (Phi) is 4.31. The van der Waals surface area contributed by atoms with Crippen molar-refractivity contribution in [1.82, 2.24) is 19.6 Å². The van der Waals surface area contributed by atoms with Gasteiger partial charge in [0.1, 0.15) is 5.82 Å². The number of hydrogen-bond acceptors (Lipinski definition) is 5. The first-order valence-electron chi connectivity index (χ1n) is 7.48. The van der Waals surface area contributed by atoms with E-state index in [-0.39, 0.29) is 0 Å². The van der Waals surface area contributed by atoms with Crippen molar-refractivity contribution in [3.63, 3.8) is 0 Å². The third kappa shape index (κ3) is 2.76. The highest BCUT2D eigenvalue weighted by Crippen LogP contribution is 2.37. The highest BCUT2D eigenvalue weighted by molar-refractivity contribution is 9.10. The molecule has 8 heteroatoms. The number of halogens is 2. The van der Waals surface area contributed by atoms with Crippen LogP contribution in [0, 0.1) is 0 Å². The number of benzene rings is 2. The minimum atomic E-state index is 0.545. The average Bonchev–Trinajstić information content (AvgIpc) is 3.03. The summed E-state index contributed by atoms with van der Waals surface area (Å²) in [5.41, 5.74) is 2.98. The zero-order chi connectivity index (χ0) is 17.6. The number of nitrogens with zero attached hydrogens (tertiary/aromatic N) is 4. The molecule has 2 aromatic heterocycles. The van der Waals surface area contributed by atoms with Crippen molar-refractivity contribution >= 4 is 61.8 Å². The average molecular weight is 435 g/mol.